The average Bonchev–Trinajstić information content (AvgIpc) is 3.10. The third-order valence-electron chi connectivity index (χ3n) is 3.88. The van der Waals surface area contributed by atoms with E-state index in [1.807, 2.05) is 48.8 Å². The highest BCUT2D eigenvalue weighted by molar-refractivity contribution is 7.99. The van der Waals surface area contributed by atoms with E-state index in [9.17, 15) is 4.79 Å². The van der Waals surface area contributed by atoms with Crippen molar-refractivity contribution >= 4 is 35.1 Å². The number of rotatable bonds is 9. The maximum absolute atomic E-state index is 12.2. The standard InChI is InChI=1S/C20H25N5OS/c1-5-16-8-10-17(11-9-16)22-18(26)14-27-20-24-23-19(25(20)7-3)15(4)12-13-21-6-2/h6,8-13H,2,5,7,14H2,1,3-4H3,(H,22,26)/b15-12+,21-13?. The quantitative estimate of drug-likeness (QED) is 0.520. The summed E-state index contributed by atoms with van der Waals surface area (Å²) in [5.41, 5.74) is 2.99. The van der Waals surface area contributed by atoms with Crippen molar-refractivity contribution in [2.75, 3.05) is 11.1 Å². The molecule has 0 aliphatic rings. The number of allylic oxidation sites excluding steroid dienone is 2. The summed E-state index contributed by atoms with van der Waals surface area (Å²) >= 11 is 1.37. The van der Waals surface area contributed by atoms with Gasteiger partial charge >= 0.3 is 0 Å². The Bertz CT molecular complexity index is 837. The summed E-state index contributed by atoms with van der Waals surface area (Å²) < 4.78 is 1.99. The van der Waals surface area contributed by atoms with Gasteiger partial charge in [-0.2, -0.15) is 0 Å². The van der Waals surface area contributed by atoms with Gasteiger partial charge in [0.1, 0.15) is 0 Å². The Morgan fingerprint density at radius 2 is 2.04 bits per heavy atom. The minimum atomic E-state index is -0.0677. The highest BCUT2D eigenvalue weighted by Gasteiger charge is 2.14. The average molecular weight is 384 g/mol. The maximum Gasteiger partial charge on any atom is 0.234 e. The van der Waals surface area contributed by atoms with Gasteiger partial charge in [-0.3, -0.25) is 9.79 Å². The molecule has 1 amide bonds. The summed E-state index contributed by atoms with van der Waals surface area (Å²) in [6, 6.07) is 7.89. The molecule has 142 valence electrons. The molecule has 0 fully saturated rings. The van der Waals surface area contributed by atoms with Crippen LogP contribution in [0.1, 0.15) is 32.2 Å². The van der Waals surface area contributed by atoms with Crippen molar-refractivity contribution in [3.8, 4) is 0 Å². The van der Waals surface area contributed by atoms with Crippen LogP contribution in [-0.4, -0.2) is 32.6 Å². The van der Waals surface area contributed by atoms with E-state index >= 15 is 0 Å². The third-order valence-corrected chi connectivity index (χ3v) is 4.85. The molecule has 1 N–H and O–H groups in total. The number of carbonyl (C=O) groups is 1. The van der Waals surface area contributed by atoms with Gasteiger partial charge in [-0.25, -0.2) is 0 Å². The molecule has 2 rings (SSSR count). The number of aryl methyl sites for hydroxylation is 1. The summed E-state index contributed by atoms with van der Waals surface area (Å²) in [6.07, 6.45) is 5.98. The number of benzene rings is 1. The number of amides is 1. The molecule has 0 aliphatic heterocycles. The normalized spacial score (nSPS) is 11.7. The first-order valence-corrected chi connectivity index (χ1v) is 9.83. The van der Waals surface area contributed by atoms with Crippen molar-refractivity contribution in [2.45, 2.75) is 38.9 Å². The van der Waals surface area contributed by atoms with Crippen LogP contribution in [0.3, 0.4) is 0 Å². The van der Waals surface area contributed by atoms with Crippen molar-refractivity contribution in [3.63, 3.8) is 0 Å². The number of thioether (sulfide) groups is 1. The first-order valence-electron chi connectivity index (χ1n) is 8.85. The third kappa shape index (κ3) is 5.92. The van der Waals surface area contributed by atoms with E-state index in [2.05, 4.69) is 34.0 Å². The van der Waals surface area contributed by atoms with Crippen LogP contribution in [-0.2, 0) is 17.8 Å². The first kappa shape index (κ1) is 20.6. The lowest BCUT2D eigenvalue weighted by Crippen LogP contribution is -2.14. The molecule has 27 heavy (non-hydrogen) atoms. The van der Waals surface area contributed by atoms with E-state index in [1.165, 1.54) is 23.5 Å². The topological polar surface area (TPSA) is 72.2 Å². The predicted octanol–water partition coefficient (Wildman–Crippen LogP) is 4.21. The van der Waals surface area contributed by atoms with Crippen LogP contribution in [0.4, 0.5) is 5.69 Å². The Morgan fingerprint density at radius 3 is 2.67 bits per heavy atom. The Kier molecular flexibility index (Phi) is 8.00. The molecule has 6 nitrogen and oxygen atoms in total. The van der Waals surface area contributed by atoms with Crippen molar-refractivity contribution < 1.29 is 4.79 Å². The Morgan fingerprint density at radius 1 is 1.30 bits per heavy atom. The number of hydrogen-bond donors (Lipinski definition) is 1. The van der Waals surface area contributed by atoms with Gasteiger partial charge in [0.15, 0.2) is 11.0 Å². The summed E-state index contributed by atoms with van der Waals surface area (Å²) in [5.74, 6) is 0.974. The molecule has 0 aliphatic carbocycles. The molecule has 0 atom stereocenters. The zero-order chi connectivity index (χ0) is 19.6. The van der Waals surface area contributed by atoms with E-state index in [1.54, 1.807) is 6.21 Å². The minimum absolute atomic E-state index is 0.0677. The van der Waals surface area contributed by atoms with Gasteiger partial charge in [0.05, 0.1) is 5.75 Å². The van der Waals surface area contributed by atoms with Gasteiger partial charge in [0.2, 0.25) is 5.91 Å². The Hall–Kier alpha value is -2.67. The van der Waals surface area contributed by atoms with Crippen LogP contribution in [0.2, 0.25) is 0 Å². The molecule has 0 bridgehead atoms. The van der Waals surface area contributed by atoms with E-state index in [4.69, 9.17) is 0 Å². The van der Waals surface area contributed by atoms with Crippen molar-refractivity contribution in [1.29, 1.82) is 0 Å². The molecule has 0 saturated heterocycles. The predicted molar refractivity (Wildman–Crippen MR) is 113 cm³/mol. The molecule has 0 unspecified atom stereocenters. The van der Waals surface area contributed by atoms with Crippen LogP contribution in [0, 0.1) is 0 Å². The highest BCUT2D eigenvalue weighted by atomic mass is 32.2. The van der Waals surface area contributed by atoms with Gasteiger partial charge in [0, 0.05) is 24.6 Å². The maximum atomic E-state index is 12.2. The highest BCUT2D eigenvalue weighted by Crippen LogP contribution is 2.21. The number of hydrogen-bond acceptors (Lipinski definition) is 5. The monoisotopic (exact) mass is 383 g/mol. The number of aliphatic imine (C=N–C) groups is 1. The second-order valence-corrected chi connectivity index (χ2v) is 6.71. The summed E-state index contributed by atoms with van der Waals surface area (Å²) in [5, 5.41) is 12.1. The Balaban J connectivity index is 2.00. The van der Waals surface area contributed by atoms with Crippen LogP contribution < -0.4 is 5.32 Å². The van der Waals surface area contributed by atoms with E-state index in [0.717, 1.165) is 28.7 Å². The van der Waals surface area contributed by atoms with E-state index in [-0.39, 0.29) is 11.7 Å². The summed E-state index contributed by atoms with van der Waals surface area (Å²) in [7, 11) is 0. The SMILES string of the molecule is C=CN=C/C=C(\C)c1nnc(SCC(=O)Nc2ccc(CC)cc2)n1CC. The fourth-order valence-electron chi connectivity index (χ4n) is 2.41. The summed E-state index contributed by atoms with van der Waals surface area (Å²) in [4.78, 5) is 16.2. The number of nitrogens with one attached hydrogen (secondary N) is 1. The van der Waals surface area contributed by atoms with E-state index in [0.29, 0.717) is 6.54 Å². The second kappa shape index (κ2) is 10.5. The fourth-order valence-corrected chi connectivity index (χ4v) is 3.22. The molecular formula is C20H25N5OS. The first-order chi connectivity index (χ1) is 13.1. The fraction of sp³-hybridized carbons (Fsp3) is 0.300. The van der Waals surface area contributed by atoms with Crippen molar-refractivity contribution in [3.05, 3.63) is 54.5 Å². The molecule has 1 aromatic heterocycles. The van der Waals surface area contributed by atoms with Gasteiger partial charge in [-0.05, 0) is 49.6 Å². The number of anilines is 1. The number of carbonyl (C=O) groups excluding carboxylic acids is 1. The lowest BCUT2D eigenvalue weighted by Gasteiger charge is -2.08. The summed E-state index contributed by atoms with van der Waals surface area (Å²) in [6.45, 7) is 10.3. The number of aromatic nitrogens is 3. The van der Waals surface area contributed by atoms with Crippen LogP contribution in [0.5, 0.6) is 0 Å². The van der Waals surface area contributed by atoms with Gasteiger partial charge in [0.25, 0.3) is 0 Å². The number of nitrogens with zero attached hydrogens (tertiary/aromatic N) is 4. The molecule has 0 radical (unpaired) electrons. The molecule has 7 heteroatoms. The largest absolute Gasteiger partial charge is 0.325 e. The second-order valence-electron chi connectivity index (χ2n) is 5.77. The minimum Gasteiger partial charge on any atom is -0.325 e. The van der Waals surface area contributed by atoms with Gasteiger partial charge < -0.3 is 9.88 Å². The zero-order valence-corrected chi connectivity index (χ0v) is 16.8. The molecule has 1 aromatic carbocycles. The molecule has 2 aromatic rings. The van der Waals surface area contributed by atoms with Crippen LogP contribution >= 0.6 is 11.8 Å². The lowest BCUT2D eigenvalue weighted by molar-refractivity contribution is -0.113. The lowest BCUT2D eigenvalue weighted by atomic mass is 10.1. The van der Waals surface area contributed by atoms with Gasteiger partial charge in [-0.15, -0.1) is 10.2 Å². The molecule has 0 saturated carbocycles. The van der Waals surface area contributed by atoms with Crippen molar-refractivity contribution in [1.82, 2.24) is 14.8 Å². The zero-order valence-electron chi connectivity index (χ0n) is 16.0. The van der Waals surface area contributed by atoms with Crippen LogP contribution in [0.15, 0.2) is 53.3 Å². The smallest absolute Gasteiger partial charge is 0.234 e. The van der Waals surface area contributed by atoms with E-state index < -0.39 is 0 Å². The molecule has 0 spiro atoms. The molecule has 1 heterocycles. The molecular weight excluding hydrogens is 358 g/mol. The van der Waals surface area contributed by atoms with Crippen molar-refractivity contribution in [2.24, 2.45) is 4.99 Å². The Labute approximate surface area is 164 Å². The van der Waals surface area contributed by atoms with Crippen LogP contribution in [0.25, 0.3) is 5.57 Å². The van der Waals surface area contributed by atoms with Gasteiger partial charge in [-0.1, -0.05) is 37.4 Å².